The van der Waals surface area contributed by atoms with Crippen LogP contribution in [0.4, 0.5) is 0 Å². The van der Waals surface area contributed by atoms with Gasteiger partial charge in [-0.2, -0.15) is 5.10 Å². The molecule has 6 nitrogen and oxygen atoms in total. The standard InChI is InChI=1S/C12H17N5O/c1-10-14-3-2-12(16-10)8-13-6-11-7-15-17(9-11)4-5-18/h2-3,7,9,13,18H,4-6,8H2,1H3. The minimum Gasteiger partial charge on any atom is -0.394 e. The Labute approximate surface area is 106 Å². The number of nitrogens with one attached hydrogen (secondary N) is 1. The minimum absolute atomic E-state index is 0.106. The fourth-order valence-electron chi connectivity index (χ4n) is 1.66. The highest BCUT2D eigenvalue weighted by Crippen LogP contribution is 1.99. The number of aliphatic hydroxyl groups is 1. The normalized spacial score (nSPS) is 10.8. The molecule has 6 heteroatoms. The third-order valence-electron chi connectivity index (χ3n) is 2.48. The first-order chi connectivity index (χ1) is 8.78. The average molecular weight is 247 g/mol. The summed E-state index contributed by atoms with van der Waals surface area (Å²) in [6.45, 7) is 3.95. The van der Waals surface area contributed by atoms with Crippen molar-refractivity contribution >= 4 is 0 Å². The van der Waals surface area contributed by atoms with Crippen LogP contribution in [0.25, 0.3) is 0 Å². The summed E-state index contributed by atoms with van der Waals surface area (Å²) in [6, 6.07) is 1.90. The molecule has 0 saturated heterocycles. The predicted molar refractivity (Wildman–Crippen MR) is 66.6 cm³/mol. The summed E-state index contributed by atoms with van der Waals surface area (Å²) < 4.78 is 1.73. The van der Waals surface area contributed by atoms with Crippen molar-refractivity contribution < 1.29 is 5.11 Å². The first-order valence-electron chi connectivity index (χ1n) is 5.89. The lowest BCUT2D eigenvalue weighted by Gasteiger charge is -2.03. The SMILES string of the molecule is Cc1nccc(CNCc2cnn(CCO)c2)n1. The van der Waals surface area contributed by atoms with Gasteiger partial charge in [0.1, 0.15) is 5.82 Å². The van der Waals surface area contributed by atoms with E-state index in [0.717, 1.165) is 23.6 Å². The van der Waals surface area contributed by atoms with Gasteiger partial charge < -0.3 is 10.4 Å². The summed E-state index contributed by atoms with van der Waals surface area (Å²) in [5.74, 6) is 0.782. The van der Waals surface area contributed by atoms with E-state index in [9.17, 15) is 0 Å². The largest absolute Gasteiger partial charge is 0.394 e. The molecule has 0 aliphatic rings. The van der Waals surface area contributed by atoms with Gasteiger partial charge in [0.2, 0.25) is 0 Å². The van der Waals surface area contributed by atoms with Crippen LogP contribution in [0.3, 0.4) is 0 Å². The number of aromatic nitrogens is 4. The van der Waals surface area contributed by atoms with E-state index in [1.54, 1.807) is 17.1 Å². The molecule has 0 spiro atoms. The first-order valence-corrected chi connectivity index (χ1v) is 5.89. The Morgan fingerprint density at radius 2 is 2.28 bits per heavy atom. The number of nitrogens with zero attached hydrogens (tertiary/aromatic N) is 4. The molecule has 0 unspecified atom stereocenters. The summed E-state index contributed by atoms with van der Waals surface area (Å²) in [4.78, 5) is 8.37. The van der Waals surface area contributed by atoms with Crippen molar-refractivity contribution in [2.75, 3.05) is 6.61 Å². The molecule has 0 aliphatic carbocycles. The zero-order valence-electron chi connectivity index (χ0n) is 10.4. The van der Waals surface area contributed by atoms with E-state index in [1.165, 1.54) is 0 Å². The fraction of sp³-hybridized carbons (Fsp3) is 0.417. The van der Waals surface area contributed by atoms with Crippen LogP contribution in [-0.2, 0) is 19.6 Å². The summed E-state index contributed by atoms with van der Waals surface area (Å²) >= 11 is 0. The van der Waals surface area contributed by atoms with Crippen molar-refractivity contribution in [3.63, 3.8) is 0 Å². The van der Waals surface area contributed by atoms with Gasteiger partial charge in [0.15, 0.2) is 0 Å². The quantitative estimate of drug-likeness (QED) is 0.766. The molecule has 0 aromatic carbocycles. The van der Waals surface area contributed by atoms with Gasteiger partial charge in [0.25, 0.3) is 0 Å². The predicted octanol–water partition coefficient (Wildman–Crippen LogP) is 0.264. The second-order valence-corrected chi connectivity index (χ2v) is 4.03. The van der Waals surface area contributed by atoms with E-state index in [4.69, 9.17) is 5.11 Å². The average Bonchev–Trinajstić information content (AvgIpc) is 2.78. The molecular weight excluding hydrogens is 230 g/mol. The van der Waals surface area contributed by atoms with E-state index >= 15 is 0 Å². The van der Waals surface area contributed by atoms with Crippen molar-refractivity contribution in [1.82, 2.24) is 25.1 Å². The summed E-state index contributed by atoms with van der Waals surface area (Å²) in [5.41, 5.74) is 2.07. The van der Waals surface area contributed by atoms with Gasteiger partial charge in [-0.1, -0.05) is 0 Å². The Balaban J connectivity index is 1.81. The van der Waals surface area contributed by atoms with E-state index in [2.05, 4.69) is 20.4 Å². The second kappa shape index (κ2) is 6.23. The zero-order chi connectivity index (χ0) is 12.8. The molecule has 2 rings (SSSR count). The molecule has 0 atom stereocenters. The Kier molecular flexibility index (Phi) is 4.38. The zero-order valence-corrected chi connectivity index (χ0v) is 10.4. The molecular formula is C12H17N5O. The van der Waals surface area contributed by atoms with Crippen LogP contribution in [0.1, 0.15) is 17.1 Å². The maximum absolute atomic E-state index is 8.79. The number of aryl methyl sites for hydroxylation is 1. The van der Waals surface area contributed by atoms with Gasteiger partial charge >= 0.3 is 0 Å². The Bertz CT molecular complexity index is 497. The lowest BCUT2D eigenvalue weighted by atomic mass is 10.3. The van der Waals surface area contributed by atoms with Crippen LogP contribution in [0.15, 0.2) is 24.7 Å². The van der Waals surface area contributed by atoms with Crippen molar-refractivity contribution in [2.24, 2.45) is 0 Å². The Morgan fingerprint density at radius 1 is 1.39 bits per heavy atom. The van der Waals surface area contributed by atoms with E-state index in [0.29, 0.717) is 13.1 Å². The fourth-order valence-corrected chi connectivity index (χ4v) is 1.66. The van der Waals surface area contributed by atoms with Crippen molar-refractivity contribution in [3.8, 4) is 0 Å². The smallest absolute Gasteiger partial charge is 0.125 e. The highest BCUT2D eigenvalue weighted by molar-refractivity contribution is 5.05. The Morgan fingerprint density at radius 3 is 3.06 bits per heavy atom. The van der Waals surface area contributed by atoms with Crippen molar-refractivity contribution in [1.29, 1.82) is 0 Å². The van der Waals surface area contributed by atoms with Gasteiger partial charge in [0.05, 0.1) is 25.0 Å². The highest BCUT2D eigenvalue weighted by atomic mass is 16.3. The number of hydrogen-bond donors (Lipinski definition) is 2. The number of aliphatic hydroxyl groups excluding tert-OH is 1. The molecule has 0 amide bonds. The molecule has 0 fully saturated rings. The molecule has 18 heavy (non-hydrogen) atoms. The second-order valence-electron chi connectivity index (χ2n) is 4.03. The minimum atomic E-state index is 0.106. The third kappa shape index (κ3) is 3.61. The van der Waals surface area contributed by atoms with E-state index < -0.39 is 0 Å². The van der Waals surface area contributed by atoms with Crippen LogP contribution in [0, 0.1) is 6.92 Å². The molecule has 2 aromatic heterocycles. The van der Waals surface area contributed by atoms with Crippen molar-refractivity contribution in [3.05, 3.63) is 41.7 Å². The van der Waals surface area contributed by atoms with Gasteiger partial charge in [-0.25, -0.2) is 9.97 Å². The molecule has 0 aliphatic heterocycles. The molecule has 0 radical (unpaired) electrons. The molecule has 2 heterocycles. The lowest BCUT2D eigenvalue weighted by molar-refractivity contribution is 0.269. The van der Waals surface area contributed by atoms with Crippen LogP contribution in [0.5, 0.6) is 0 Å². The monoisotopic (exact) mass is 247 g/mol. The summed E-state index contributed by atoms with van der Waals surface area (Å²) in [6.07, 6.45) is 5.49. The molecule has 0 saturated carbocycles. The summed E-state index contributed by atoms with van der Waals surface area (Å²) in [5, 5.41) is 16.2. The first kappa shape index (κ1) is 12.7. The van der Waals surface area contributed by atoms with Crippen LogP contribution in [0.2, 0.25) is 0 Å². The van der Waals surface area contributed by atoms with Gasteiger partial charge in [-0.15, -0.1) is 0 Å². The molecule has 0 bridgehead atoms. The van der Waals surface area contributed by atoms with Gasteiger partial charge in [-0.05, 0) is 13.0 Å². The van der Waals surface area contributed by atoms with Crippen molar-refractivity contribution in [2.45, 2.75) is 26.6 Å². The third-order valence-corrected chi connectivity index (χ3v) is 2.48. The number of hydrogen-bond acceptors (Lipinski definition) is 5. The van der Waals surface area contributed by atoms with Crippen LogP contribution in [-0.4, -0.2) is 31.5 Å². The maximum atomic E-state index is 8.79. The topological polar surface area (TPSA) is 75.9 Å². The van der Waals surface area contributed by atoms with Crippen LogP contribution < -0.4 is 5.32 Å². The maximum Gasteiger partial charge on any atom is 0.125 e. The lowest BCUT2D eigenvalue weighted by Crippen LogP contribution is -2.13. The van der Waals surface area contributed by atoms with Gasteiger partial charge in [-0.3, -0.25) is 4.68 Å². The van der Waals surface area contributed by atoms with E-state index in [1.807, 2.05) is 19.2 Å². The number of rotatable bonds is 6. The summed E-state index contributed by atoms with van der Waals surface area (Å²) in [7, 11) is 0. The molecule has 2 aromatic rings. The van der Waals surface area contributed by atoms with E-state index in [-0.39, 0.29) is 6.61 Å². The molecule has 2 N–H and O–H groups in total. The van der Waals surface area contributed by atoms with Gasteiger partial charge in [0, 0.05) is 31.0 Å². The Hall–Kier alpha value is -1.79. The molecule has 96 valence electrons. The van der Waals surface area contributed by atoms with Crippen LogP contribution >= 0.6 is 0 Å². The highest BCUT2D eigenvalue weighted by Gasteiger charge is 1.99.